The molecule has 2 aromatic carbocycles. The summed E-state index contributed by atoms with van der Waals surface area (Å²) in [4.78, 5) is 14.7. The van der Waals surface area contributed by atoms with Crippen molar-refractivity contribution >= 4 is 27.3 Å². The molecule has 6 nitrogen and oxygen atoms in total. The van der Waals surface area contributed by atoms with Crippen LogP contribution in [0.5, 0.6) is 5.75 Å². The molecule has 2 aliphatic rings. The van der Waals surface area contributed by atoms with Gasteiger partial charge >= 0.3 is 0 Å². The first kappa shape index (κ1) is 20.7. The largest absolute Gasteiger partial charge is 0.497 e. The Hall–Kier alpha value is -2.54. The number of rotatable bonds is 7. The van der Waals surface area contributed by atoms with Crippen LogP contribution in [0.3, 0.4) is 0 Å². The Labute approximate surface area is 178 Å². The van der Waals surface area contributed by atoms with E-state index in [1.807, 2.05) is 35.2 Å². The van der Waals surface area contributed by atoms with Crippen molar-refractivity contribution in [1.82, 2.24) is 0 Å². The van der Waals surface area contributed by atoms with Crippen LogP contribution in [0.15, 0.2) is 42.5 Å². The molecule has 1 heterocycles. The molecule has 1 aliphatic heterocycles. The summed E-state index contributed by atoms with van der Waals surface area (Å²) in [6.07, 6.45) is 5.38. The van der Waals surface area contributed by atoms with Crippen LogP contribution in [0.25, 0.3) is 0 Å². The maximum atomic E-state index is 12.9. The van der Waals surface area contributed by atoms with Gasteiger partial charge in [-0.3, -0.25) is 9.52 Å². The van der Waals surface area contributed by atoms with Crippen LogP contribution in [0.2, 0.25) is 0 Å². The van der Waals surface area contributed by atoms with E-state index in [0.717, 1.165) is 54.7 Å². The molecular weight excluding hydrogens is 400 g/mol. The van der Waals surface area contributed by atoms with E-state index in [-0.39, 0.29) is 17.6 Å². The number of anilines is 2. The second kappa shape index (κ2) is 8.68. The smallest absolute Gasteiger partial charge is 0.233 e. The Morgan fingerprint density at radius 2 is 1.87 bits per heavy atom. The van der Waals surface area contributed by atoms with Crippen LogP contribution in [0, 0.1) is 5.92 Å². The highest BCUT2D eigenvalue weighted by atomic mass is 32.2. The SMILES string of the molecule is COc1ccc(CCS(=O)(=O)Nc2ccc3c(c2)N(C(=O)C2CCCC2)CC3)cc1. The zero-order chi connectivity index (χ0) is 21.1. The molecule has 1 fully saturated rings. The van der Waals surface area contributed by atoms with Gasteiger partial charge in [0, 0.05) is 18.2 Å². The lowest BCUT2D eigenvalue weighted by molar-refractivity contribution is -0.122. The highest BCUT2D eigenvalue weighted by Gasteiger charge is 2.32. The highest BCUT2D eigenvalue weighted by molar-refractivity contribution is 7.92. The van der Waals surface area contributed by atoms with Crippen molar-refractivity contribution in [3.63, 3.8) is 0 Å². The second-order valence-corrected chi connectivity index (χ2v) is 9.93. The fourth-order valence-electron chi connectivity index (χ4n) is 4.34. The van der Waals surface area contributed by atoms with Crippen LogP contribution >= 0.6 is 0 Å². The van der Waals surface area contributed by atoms with Crippen LogP contribution in [-0.2, 0) is 27.7 Å². The number of carbonyl (C=O) groups is 1. The molecule has 7 heteroatoms. The van der Waals surface area contributed by atoms with Crippen molar-refractivity contribution in [3.8, 4) is 5.75 Å². The van der Waals surface area contributed by atoms with Gasteiger partial charge in [0.1, 0.15) is 5.75 Å². The summed E-state index contributed by atoms with van der Waals surface area (Å²) in [6, 6.07) is 12.9. The van der Waals surface area contributed by atoms with Crippen molar-refractivity contribution in [2.75, 3.05) is 29.0 Å². The Kier molecular flexibility index (Phi) is 5.99. The fraction of sp³-hybridized carbons (Fsp3) is 0.435. The number of aryl methyl sites for hydroxylation is 1. The summed E-state index contributed by atoms with van der Waals surface area (Å²) in [5.74, 6) is 1.03. The lowest BCUT2D eigenvalue weighted by Gasteiger charge is -2.21. The van der Waals surface area contributed by atoms with E-state index in [4.69, 9.17) is 4.74 Å². The molecule has 4 rings (SSSR count). The van der Waals surface area contributed by atoms with Gasteiger partial charge in [-0.05, 0) is 61.1 Å². The number of ether oxygens (including phenoxy) is 1. The third-order valence-electron chi connectivity index (χ3n) is 6.04. The van der Waals surface area contributed by atoms with E-state index in [2.05, 4.69) is 4.72 Å². The number of amides is 1. The molecule has 1 saturated carbocycles. The molecule has 1 amide bonds. The first-order chi connectivity index (χ1) is 14.4. The minimum atomic E-state index is -3.50. The van der Waals surface area contributed by atoms with Gasteiger partial charge in [-0.25, -0.2) is 8.42 Å². The monoisotopic (exact) mass is 428 g/mol. The second-order valence-electron chi connectivity index (χ2n) is 8.08. The predicted octanol–water partition coefficient (Wildman–Crippen LogP) is 3.76. The highest BCUT2D eigenvalue weighted by Crippen LogP contribution is 2.35. The van der Waals surface area contributed by atoms with Gasteiger partial charge in [0.25, 0.3) is 0 Å². The molecular formula is C23H28N2O4S. The molecule has 1 N–H and O–H groups in total. The van der Waals surface area contributed by atoms with Crippen molar-refractivity contribution in [1.29, 1.82) is 0 Å². The maximum absolute atomic E-state index is 12.9. The van der Waals surface area contributed by atoms with E-state index in [1.165, 1.54) is 0 Å². The van der Waals surface area contributed by atoms with Crippen LogP contribution in [0.4, 0.5) is 11.4 Å². The maximum Gasteiger partial charge on any atom is 0.233 e. The summed E-state index contributed by atoms with van der Waals surface area (Å²) < 4.78 is 33.0. The summed E-state index contributed by atoms with van der Waals surface area (Å²) in [5, 5.41) is 0. The fourth-order valence-corrected chi connectivity index (χ4v) is 5.43. The molecule has 0 spiro atoms. The predicted molar refractivity (Wildman–Crippen MR) is 119 cm³/mol. The Bertz CT molecular complexity index is 1010. The Balaban J connectivity index is 1.43. The van der Waals surface area contributed by atoms with Gasteiger partial charge in [0.05, 0.1) is 18.6 Å². The number of hydrogen-bond donors (Lipinski definition) is 1. The first-order valence-electron chi connectivity index (χ1n) is 10.5. The molecule has 0 aromatic heterocycles. The zero-order valence-electron chi connectivity index (χ0n) is 17.3. The normalized spacial score (nSPS) is 16.5. The first-order valence-corrected chi connectivity index (χ1v) is 12.2. The number of sulfonamides is 1. The van der Waals surface area contributed by atoms with Gasteiger partial charge < -0.3 is 9.64 Å². The number of methoxy groups -OCH3 is 1. The number of carbonyl (C=O) groups excluding carboxylic acids is 1. The van der Waals surface area contributed by atoms with E-state index < -0.39 is 10.0 Å². The number of nitrogens with one attached hydrogen (secondary N) is 1. The third-order valence-corrected chi connectivity index (χ3v) is 7.33. The average Bonchev–Trinajstić information content (AvgIpc) is 3.42. The summed E-state index contributed by atoms with van der Waals surface area (Å²) in [7, 11) is -1.90. The molecule has 160 valence electrons. The van der Waals surface area contributed by atoms with Crippen molar-refractivity contribution < 1.29 is 17.9 Å². The molecule has 0 bridgehead atoms. The van der Waals surface area contributed by atoms with Gasteiger partial charge in [0.15, 0.2) is 0 Å². The third kappa shape index (κ3) is 4.61. The van der Waals surface area contributed by atoms with E-state index in [0.29, 0.717) is 18.7 Å². The van der Waals surface area contributed by atoms with Crippen LogP contribution in [0.1, 0.15) is 36.8 Å². The van der Waals surface area contributed by atoms with Gasteiger partial charge in [-0.2, -0.15) is 0 Å². The van der Waals surface area contributed by atoms with E-state index >= 15 is 0 Å². The molecule has 30 heavy (non-hydrogen) atoms. The summed E-state index contributed by atoms with van der Waals surface area (Å²) >= 11 is 0. The molecule has 0 unspecified atom stereocenters. The van der Waals surface area contributed by atoms with Crippen LogP contribution in [-0.4, -0.2) is 33.7 Å². The number of hydrogen-bond acceptors (Lipinski definition) is 4. The lowest BCUT2D eigenvalue weighted by Crippen LogP contribution is -2.33. The number of benzene rings is 2. The van der Waals surface area contributed by atoms with Gasteiger partial charge in [-0.1, -0.05) is 31.0 Å². The zero-order valence-corrected chi connectivity index (χ0v) is 18.1. The topological polar surface area (TPSA) is 75.7 Å². The molecule has 0 radical (unpaired) electrons. The lowest BCUT2D eigenvalue weighted by atomic mass is 10.1. The Morgan fingerprint density at radius 3 is 2.57 bits per heavy atom. The minimum Gasteiger partial charge on any atom is -0.497 e. The van der Waals surface area contributed by atoms with Crippen LogP contribution < -0.4 is 14.4 Å². The summed E-state index contributed by atoms with van der Waals surface area (Å²) in [6.45, 7) is 0.679. The molecule has 0 saturated heterocycles. The number of fused-ring (bicyclic) bond motifs is 1. The van der Waals surface area contributed by atoms with Gasteiger partial charge in [-0.15, -0.1) is 0 Å². The van der Waals surface area contributed by atoms with Gasteiger partial charge in [0.2, 0.25) is 15.9 Å². The Morgan fingerprint density at radius 1 is 1.13 bits per heavy atom. The molecule has 0 atom stereocenters. The van der Waals surface area contributed by atoms with E-state index in [1.54, 1.807) is 19.2 Å². The summed E-state index contributed by atoms with van der Waals surface area (Å²) in [5.41, 5.74) is 3.39. The average molecular weight is 429 g/mol. The quantitative estimate of drug-likeness (QED) is 0.729. The van der Waals surface area contributed by atoms with Crippen molar-refractivity contribution in [3.05, 3.63) is 53.6 Å². The standard InChI is InChI=1S/C23H28N2O4S/c1-29-21-10-6-17(7-11-21)13-15-30(27,28)24-20-9-8-18-12-14-25(22(18)16-20)23(26)19-4-2-3-5-19/h6-11,16,19,24H,2-5,12-15H2,1H3. The minimum absolute atomic E-state index is 0.0128. The van der Waals surface area contributed by atoms with E-state index in [9.17, 15) is 13.2 Å². The number of nitrogens with zero attached hydrogens (tertiary/aromatic N) is 1. The van der Waals surface area contributed by atoms with Crippen molar-refractivity contribution in [2.45, 2.75) is 38.5 Å². The van der Waals surface area contributed by atoms with Crippen molar-refractivity contribution in [2.24, 2.45) is 5.92 Å². The molecule has 1 aliphatic carbocycles. The molecule has 2 aromatic rings.